The van der Waals surface area contributed by atoms with E-state index in [4.69, 9.17) is 11.6 Å². The molecule has 25 heavy (non-hydrogen) atoms. The first-order valence-corrected chi connectivity index (χ1v) is 9.22. The molecule has 0 saturated heterocycles. The summed E-state index contributed by atoms with van der Waals surface area (Å²) in [6.45, 7) is 3.98. The van der Waals surface area contributed by atoms with Gasteiger partial charge in [0.2, 0.25) is 5.91 Å². The van der Waals surface area contributed by atoms with Crippen LogP contribution >= 0.6 is 24.0 Å². The van der Waals surface area contributed by atoms with Gasteiger partial charge in [-0.05, 0) is 69.5 Å². The molecule has 140 valence electrons. The van der Waals surface area contributed by atoms with Crippen LogP contribution in [-0.2, 0) is 4.79 Å². The molecule has 1 aromatic carbocycles. The fraction of sp³-hybridized carbons (Fsp3) is 0.550. The number of carbonyl (C=O) groups is 1. The molecule has 0 atom stereocenters. The van der Waals surface area contributed by atoms with Crippen LogP contribution < -0.4 is 0 Å². The van der Waals surface area contributed by atoms with Crippen LogP contribution in [0.2, 0.25) is 5.02 Å². The largest absolute Gasteiger partial charge is 0.335 e. The average molecular weight is 385 g/mol. The molecule has 0 N–H and O–H groups in total. The van der Waals surface area contributed by atoms with E-state index in [9.17, 15) is 4.79 Å². The Bertz CT molecular complexity index is 567. The summed E-state index contributed by atoms with van der Waals surface area (Å²) in [5, 5.41) is 0.690. The van der Waals surface area contributed by atoms with E-state index in [1.165, 1.54) is 12.8 Å². The van der Waals surface area contributed by atoms with Crippen LogP contribution in [0.1, 0.15) is 38.2 Å². The Labute approximate surface area is 163 Å². The topological polar surface area (TPSA) is 23.6 Å². The van der Waals surface area contributed by atoms with E-state index in [1.807, 2.05) is 44.4 Å². The SMILES string of the molecule is CC1CCC(N(CCN(C)C)C(=O)/C=C/c2cccc(Cl)c2)CC1.Cl. The number of benzene rings is 1. The van der Waals surface area contributed by atoms with Gasteiger partial charge in [-0.3, -0.25) is 4.79 Å². The van der Waals surface area contributed by atoms with Gasteiger partial charge in [0.25, 0.3) is 0 Å². The second-order valence-corrected chi connectivity index (χ2v) is 7.57. The summed E-state index contributed by atoms with van der Waals surface area (Å²) in [5.41, 5.74) is 0.959. The van der Waals surface area contributed by atoms with Crippen LogP contribution in [0.4, 0.5) is 0 Å². The van der Waals surface area contributed by atoms with Crippen molar-refractivity contribution in [3.63, 3.8) is 0 Å². The Hall–Kier alpha value is -1.03. The molecule has 0 radical (unpaired) electrons. The third kappa shape index (κ3) is 7.39. The van der Waals surface area contributed by atoms with Gasteiger partial charge >= 0.3 is 0 Å². The molecule has 0 heterocycles. The predicted molar refractivity (Wildman–Crippen MR) is 109 cm³/mol. The maximum atomic E-state index is 12.8. The summed E-state index contributed by atoms with van der Waals surface area (Å²) in [4.78, 5) is 17.0. The Morgan fingerprint density at radius 1 is 1.20 bits per heavy atom. The molecule has 2 rings (SSSR count). The van der Waals surface area contributed by atoms with Crippen LogP contribution in [0, 0.1) is 5.92 Å². The highest BCUT2D eigenvalue weighted by Crippen LogP contribution is 2.27. The van der Waals surface area contributed by atoms with E-state index in [0.29, 0.717) is 11.1 Å². The highest BCUT2D eigenvalue weighted by atomic mass is 35.5. The Kier molecular flexibility index (Phi) is 9.55. The van der Waals surface area contributed by atoms with Gasteiger partial charge in [-0.25, -0.2) is 0 Å². The van der Waals surface area contributed by atoms with Crippen molar-refractivity contribution >= 4 is 36.0 Å². The van der Waals surface area contributed by atoms with Gasteiger partial charge < -0.3 is 9.80 Å². The van der Waals surface area contributed by atoms with Crippen molar-refractivity contribution in [1.82, 2.24) is 9.80 Å². The first kappa shape index (κ1) is 22.0. The number of amides is 1. The van der Waals surface area contributed by atoms with Crippen LogP contribution in [0.15, 0.2) is 30.3 Å². The summed E-state index contributed by atoms with van der Waals surface area (Å²) in [5.74, 6) is 0.894. The van der Waals surface area contributed by atoms with E-state index in [1.54, 1.807) is 6.08 Å². The molecule has 1 saturated carbocycles. The van der Waals surface area contributed by atoms with Gasteiger partial charge in [0.15, 0.2) is 0 Å². The molecular weight excluding hydrogens is 355 g/mol. The van der Waals surface area contributed by atoms with Gasteiger partial charge in [0.05, 0.1) is 0 Å². The predicted octanol–water partition coefficient (Wildman–Crippen LogP) is 4.74. The molecule has 5 heteroatoms. The summed E-state index contributed by atoms with van der Waals surface area (Å²) >= 11 is 6.01. The van der Waals surface area contributed by atoms with E-state index >= 15 is 0 Å². The molecule has 0 bridgehead atoms. The summed E-state index contributed by atoms with van der Waals surface area (Å²) in [6.07, 6.45) is 8.22. The zero-order chi connectivity index (χ0) is 17.5. The monoisotopic (exact) mass is 384 g/mol. The standard InChI is InChI=1S/C20H29ClN2O.ClH/c1-16-7-10-19(11-8-16)23(14-13-22(2)3)20(24)12-9-17-5-4-6-18(21)15-17;/h4-6,9,12,15-16,19H,7-8,10-11,13-14H2,1-3H3;1H/b12-9+;. The highest BCUT2D eigenvalue weighted by Gasteiger charge is 2.26. The van der Waals surface area contributed by atoms with Crippen molar-refractivity contribution in [1.29, 1.82) is 0 Å². The first-order chi connectivity index (χ1) is 11.5. The van der Waals surface area contributed by atoms with E-state index < -0.39 is 0 Å². The van der Waals surface area contributed by atoms with Crippen LogP contribution in [0.5, 0.6) is 0 Å². The smallest absolute Gasteiger partial charge is 0.246 e. The summed E-state index contributed by atoms with van der Waals surface area (Å²) < 4.78 is 0. The van der Waals surface area contributed by atoms with Gasteiger partial charge in [-0.1, -0.05) is 30.7 Å². The number of nitrogens with zero attached hydrogens (tertiary/aromatic N) is 2. The molecular formula is C20H30Cl2N2O. The molecule has 1 aromatic rings. The lowest BCUT2D eigenvalue weighted by atomic mass is 9.86. The Balaban J connectivity index is 0.00000312. The van der Waals surface area contributed by atoms with Crippen molar-refractivity contribution in [3.8, 4) is 0 Å². The molecule has 3 nitrogen and oxygen atoms in total. The third-order valence-electron chi connectivity index (χ3n) is 4.76. The molecule has 0 unspecified atom stereocenters. The number of likely N-dealkylation sites (N-methyl/N-ethyl adjacent to an activating group) is 1. The highest BCUT2D eigenvalue weighted by molar-refractivity contribution is 6.30. The lowest BCUT2D eigenvalue weighted by Gasteiger charge is -2.36. The van der Waals surface area contributed by atoms with E-state index in [0.717, 1.165) is 37.4 Å². The van der Waals surface area contributed by atoms with Gasteiger partial charge in [-0.2, -0.15) is 0 Å². The lowest BCUT2D eigenvalue weighted by molar-refractivity contribution is -0.129. The molecule has 1 aliphatic carbocycles. The fourth-order valence-corrected chi connectivity index (χ4v) is 3.41. The van der Waals surface area contributed by atoms with Gasteiger partial charge in [0.1, 0.15) is 0 Å². The van der Waals surface area contributed by atoms with Crippen LogP contribution in [-0.4, -0.2) is 48.9 Å². The lowest BCUT2D eigenvalue weighted by Crippen LogP contribution is -2.44. The molecule has 1 aliphatic rings. The zero-order valence-electron chi connectivity index (χ0n) is 15.5. The number of rotatable bonds is 6. The quantitative estimate of drug-likeness (QED) is 0.660. The number of carbonyl (C=O) groups excluding carboxylic acids is 1. The summed E-state index contributed by atoms with van der Waals surface area (Å²) in [6, 6.07) is 7.95. The third-order valence-corrected chi connectivity index (χ3v) is 5.00. The zero-order valence-corrected chi connectivity index (χ0v) is 17.0. The van der Waals surface area contributed by atoms with Crippen LogP contribution in [0.3, 0.4) is 0 Å². The minimum Gasteiger partial charge on any atom is -0.335 e. The maximum Gasteiger partial charge on any atom is 0.246 e. The van der Waals surface area contributed by atoms with E-state index in [-0.39, 0.29) is 18.3 Å². The second kappa shape index (κ2) is 10.8. The minimum absolute atomic E-state index is 0. The minimum atomic E-state index is 0. The first-order valence-electron chi connectivity index (χ1n) is 8.84. The van der Waals surface area contributed by atoms with Crippen molar-refractivity contribution < 1.29 is 4.79 Å². The molecule has 1 fully saturated rings. The second-order valence-electron chi connectivity index (χ2n) is 7.14. The molecule has 0 spiro atoms. The number of halogens is 2. The van der Waals surface area contributed by atoms with Crippen molar-refractivity contribution in [2.45, 2.75) is 38.6 Å². The maximum absolute atomic E-state index is 12.8. The summed E-state index contributed by atoms with van der Waals surface area (Å²) in [7, 11) is 4.10. The Morgan fingerprint density at radius 3 is 2.48 bits per heavy atom. The van der Waals surface area contributed by atoms with Crippen molar-refractivity contribution in [2.24, 2.45) is 5.92 Å². The van der Waals surface area contributed by atoms with Crippen LogP contribution in [0.25, 0.3) is 6.08 Å². The Morgan fingerprint density at radius 2 is 1.88 bits per heavy atom. The van der Waals surface area contributed by atoms with E-state index in [2.05, 4.69) is 16.7 Å². The fourth-order valence-electron chi connectivity index (χ4n) is 3.21. The number of hydrogen-bond donors (Lipinski definition) is 0. The van der Waals surface area contributed by atoms with Crippen molar-refractivity contribution in [3.05, 3.63) is 40.9 Å². The van der Waals surface area contributed by atoms with Crippen molar-refractivity contribution in [2.75, 3.05) is 27.2 Å². The average Bonchev–Trinajstić information content (AvgIpc) is 2.54. The molecule has 0 aliphatic heterocycles. The molecule has 0 aromatic heterocycles. The molecule has 1 amide bonds. The normalized spacial score (nSPS) is 20.5. The van der Waals surface area contributed by atoms with Gasteiger partial charge in [0, 0.05) is 30.2 Å². The van der Waals surface area contributed by atoms with Gasteiger partial charge in [-0.15, -0.1) is 12.4 Å². The number of hydrogen-bond acceptors (Lipinski definition) is 2.